The van der Waals surface area contributed by atoms with Crippen LogP contribution >= 0.6 is 0 Å². The monoisotopic (exact) mass is 296 g/mol. The third-order valence-corrected chi connectivity index (χ3v) is 5.40. The molecule has 0 amide bonds. The molecule has 78 valence electrons. The van der Waals surface area contributed by atoms with Crippen LogP contribution in [0.2, 0.25) is 0 Å². The third-order valence-electron chi connectivity index (χ3n) is 1.47. The topological polar surface area (TPSA) is 27.7 Å². The van der Waals surface area contributed by atoms with E-state index in [4.69, 9.17) is 9.05 Å². The molecule has 13 heavy (non-hydrogen) atoms. The molecule has 0 aromatic rings. The average Bonchev–Trinajstić information content (AvgIpc) is 1.91. The summed E-state index contributed by atoms with van der Waals surface area (Å²) < 4.78 is 16.9. The number of hydrogen-bond acceptors (Lipinski definition) is 3. The van der Waals surface area contributed by atoms with E-state index in [0.717, 1.165) is 13.2 Å². The van der Waals surface area contributed by atoms with Crippen molar-refractivity contribution in [1.29, 1.82) is 0 Å². The molecule has 3 nitrogen and oxygen atoms in total. The zero-order chi connectivity index (χ0) is 10.1. The van der Waals surface area contributed by atoms with Crippen molar-refractivity contribution in [3.05, 3.63) is 0 Å². The van der Waals surface area contributed by atoms with Gasteiger partial charge in [-0.1, -0.05) is 0 Å². The summed E-state index contributed by atoms with van der Waals surface area (Å²) in [7, 11) is 0. The van der Waals surface area contributed by atoms with Gasteiger partial charge in [-0.05, 0) is 0 Å². The standard InChI is InChI=1S/C5H10O2.C4H9O.Sb/c1-5(2,3-6)4-7;1-4(2,3)5;/h3-4H2,1-2H3;1-3H3;/q-2;-1;+3. The van der Waals surface area contributed by atoms with E-state index >= 15 is 0 Å². The molecule has 0 saturated carbocycles. The molecular weight excluding hydrogens is 278 g/mol. The van der Waals surface area contributed by atoms with E-state index < -0.39 is 21.5 Å². The van der Waals surface area contributed by atoms with Gasteiger partial charge in [0, 0.05) is 0 Å². The van der Waals surface area contributed by atoms with Gasteiger partial charge in [-0.25, -0.2) is 0 Å². The molecular formula is C9H19O3Sb. The van der Waals surface area contributed by atoms with Crippen LogP contribution in [0.5, 0.6) is 0 Å². The Balaban J connectivity index is 2.34. The molecule has 1 aliphatic heterocycles. The molecule has 0 radical (unpaired) electrons. The van der Waals surface area contributed by atoms with Crippen molar-refractivity contribution in [3.63, 3.8) is 0 Å². The van der Waals surface area contributed by atoms with Gasteiger partial charge in [-0.15, -0.1) is 0 Å². The molecule has 1 heterocycles. The van der Waals surface area contributed by atoms with Gasteiger partial charge in [0.1, 0.15) is 0 Å². The average molecular weight is 297 g/mol. The summed E-state index contributed by atoms with van der Waals surface area (Å²) in [5, 5.41) is 0. The first-order valence-corrected chi connectivity index (χ1v) is 7.66. The zero-order valence-electron chi connectivity index (χ0n) is 9.09. The van der Waals surface area contributed by atoms with Gasteiger partial charge in [-0.2, -0.15) is 0 Å². The Morgan fingerprint density at radius 1 is 1.15 bits per heavy atom. The van der Waals surface area contributed by atoms with Crippen LogP contribution in [0.1, 0.15) is 34.6 Å². The van der Waals surface area contributed by atoms with Crippen LogP contribution in [0.15, 0.2) is 0 Å². The first-order valence-electron chi connectivity index (χ1n) is 4.54. The number of hydrogen-bond donors (Lipinski definition) is 0. The second-order valence-corrected chi connectivity index (χ2v) is 8.41. The van der Waals surface area contributed by atoms with Crippen LogP contribution in [0.3, 0.4) is 0 Å². The quantitative estimate of drug-likeness (QED) is 0.691. The van der Waals surface area contributed by atoms with Crippen LogP contribution in [0.25, 0.3) is 0 Å². The van der Waals surface area contributed by atoms with Crippen molar-refractivity contribution in [2.45, 2.75) is 40.2 Å². The van der Waals surface area contributed by atoms with Crippen molar-refractivity contribution < 1.29 is 9.05 Å². The van der Waals surface area contributed by atoms with Gasteiger partial charge in [0.05, 0.1) is 0 Å². The Kier molecular flexibility index (Phi) is 3.67. The fourth-order valence-corrected chi connectivity index (χ4v) is 5.20. The van der Waals surface area contributed by atoms with Gasteiger partial charge in [-0.3, -0.25) is 0 Å². The van der Waals surface area contributed by atoms with Crippen LogP contribution in [-0.4, -0.2) is 40.3 Å². The molecule has 1 rings (SSSR count). The fraction of sp³-hybridized carbons (Fsp3) is 1.00. The maximum atomic E-state index is 5.71. The Morgan fingerprint density at radius 3 is 2.00 bits per heavy atom. The van der Waals surface area contributed by atoms with Crippen molar-refractivity contribution in [1.82, 2.24) is 0 Å². The van der Waals surface area contributed by atoms with E-state index in [0.29, 0.717) is 0 Å². The summed E-state index contributed by atoms with van der Waals surface area (Å²) in [5.74, 6) is 0. The first kappa shape index (κ1) is 11.8. The van der Waals surface area contributed by atoms with E-state index in [2.05, 4.69) is 13.8 Å². The second kappa shape index (κ2) is 4.06. The van der Waals surface area contributed by atoms with Crippen molar-refractivity contribution >= 4 is 21.5 Å². The molecule has 0 unspecified atom stereocenters. The van der Waals surface area contributed by atoms with Crippen LogP contribution in [0.4, 0.5) is 0 Å². The second-order valence-electron chi connectivity index (χ2n) is 5.14. The minimum absolute atomic E-state index is 0.135. The molecule has 0 aromatic heterocycles. The predicted molar refractivity (Wildman–Crippen MR) is 52.3 cm³/mol. The Morgan fingerprint density at radius 2 is 1.62 bits per heavy atom. The summed E-state index contributed by atoms with van der Waals surface area (Å²) >= 11 is -2.26. The van der Waals surface area contributed by atoms with Crippen LogP contribution in [0, 0.1) is 5.41 Å². The summed E-state index contributed by atoms with van der Waals surface area (Å²) in [6, 6.07) is 0. The van der Waals surface area contributed by atoms with Gasteiger partial charge in [0.2, 0.25) is 0 Å². The van der Waals surface area contributed by atoms with Crippen LogP contribution in [-0.2, 0) is 9.05 Å². The van der Waals surface area contributed by atoms with Gasteiger partial charge in [0.25, 0.3) is 0 Å². The maximum absolute atomic E-state index is 5.71. The Labute approximate surface area is 89.4 Å². The van der Waals surface area contributed by atoms with Gasteiger partial charge >= 0.3 is 89.4 Å². The molecule has 0 N–H and O–H groups in total. The van der Waals surface area contributed by atoms with Gasteiger partial charge < -0.3 is 0 Å². The SMILES string of the molecule is CC1(C)C[O][Sb]([O]C(C)(C)C)[O]C1. The van der Waals surface area contributed by atoms with Crippen LogP contribution < -0.4 is 0 Å². The van der Waals surface area contributed by atoms with Crippen molar-refractivity contribution in [2.75, 3.05) is 13.2 Å². The number of rotatable bonds is 1. The van der Waals surface area contributed by atoms with Crippen molar-refractivity contribution in [3.8, 4) is 0 Å². The molecule has 1 saturated heterocycles. The first-order chi connectivity index (χ1) is 5.79. The third kappa shape index (κ3) is 4.64. The van der Waals surface area contributed by atoms with E-state index in [1.54, 1.807) is 0 Å². The molecule has 0 spiro atoms. The molecule has 1 aliphatic rings. The molecule has 0 bridgehead atoms. The Bertz CT molecular complexity index is 164. The Hall–Kier alpha value is 0.698. The van der Waals surface area contributed by atoms with E-state index in [-0.39, 0.29) is 11.0 Å². The molecule has 4 heteroatoms. The molecule has 0 aromatic carbocycles. The summed E-state index contributed by atoms with van der Waals surface area (Å²) in [5.41, 5.74) is 0.0201. The normalized spacial score (nSPS) is 24.7. The molecule has 0 aliphatic carbocycles. The van der Waals surface area contributed by atoms with E-state index in [1.807, 2.05) is 20.8 Å². The summed E-state index contributed by atoms with van der Waals surface area (Å²) in [6.45, 7) is 11.9. The predicted octanol–water partition coefficient (Wildman–Crippen LogP) is 1.86. The molecule has 0 atom stereocenters. The minimum atomic E-state index is -2.26. The van der Waals surface area contributed by atoms with Crippen molar-refractivity contribution in [2.24, 2.45) is 5.41 Å². The van der Waals surface area contributed by atoms with E-state index in [9.17, 15) is 0 Å². The summed E-state index contributed by atoms with van der Waals surface area (Å²) in [6.07, 6.45) is 0. The van der Waals surface area contributed by atoms with E-state index in [1.165, 1.54) is 0 Å². The fourth-order valence-electron chi connectivity index (χ4n) is 0.810. The summed E-state index contributed by atoms with van der Waals surface area (Å²) in [4.78, 5) is 0. The zero-order valence-corrected chi connectivity index (χ0v) is 11.6. The van der Waals surface area contributed by atoms with Gasteiger partial charge in [0.15, 0.2) is 0 Å². The molecule has 1 fully saturated rings.